The van der Waals surface area contributed by atoms with Crippen LogP contribution in [0, 0.1) is 5.92 Å². The first-order valence-corrected chi connectivity index (χ1v) is 9.31. The van der Waals surface area contributed by atoms with E-state index >= 15 is 0 Å². The molecule has 26 heavy (non-hydrogen) atoms. The highest BCUT2D eigenvalue weighted by Crippen LogP contribution is 2.23. The van der Waals surface area contributed by atoms with Crippen molar-refractivity contribution in [3.63, 3.8) is 0 Å². The van der Waals surface area contributed by atoms with E-state index in [0.29, 0.717) is 6.04 Å². The van der Waals surface area contributed by atoms with Crippen LogP contribution in [0.5, 0.6) is 5.75 Å². The highest BCUT2D eigenvalue weighted by atomic mass is 127. The second kappa shape index (κ2) is 11.6. The van der Waals surface area contributed by atoms with E-state index in [2.05, 4.69) is 53.7 Å². The number of hydrogen-bond donors (Lipinski definition) is 2. The molecule has 1 unspecified atom stereocenters. The van der Waals surface area contributed by atoms with Crippen LogP contribution < -0.4 is 15.4 Å². The third-order valence-corrected chi connectivity index (χ3v) is 5.17. The Kier molecular flexibility index (Phi) is 10.3. The Morgan fingerprint density at radius 3 is 2.31 bits per heavy atom. The van der Waals surface area contributed by atoms with Gasteiger partial charge in [0.05, 0.1) is 13.2 Å². The SMILES string of the molecule is CN=C(NCC(c1ccc(OC)cc1)N(C)C)NC1CCC(C)CC1.I. The molecule has 0 spiro atoms. The molecule has 5 nitrogen and oxygen atoms in total. The van der Waals surface area contributed by atoms with E-state index in [1.165, 1.54) is 31.2 Å². The number of benzene rings is 1. The van der Waals surface area contributed by atoms with Gasteiger partial charge in [-0.25, -0.2) is 0 Å². The number of ether oxygens (including phenoxy) is 1. The Morgan fingerprint density at radius 1 is 1.19 bits per heavy atom. The normalized spacial score (nSPS) is 21.7. The molecule has 1 saturated carbocycles. The average Bonchev–Trinajstić information content (AvgIpc) is 2.62. The summed E-state index contributed by atoms with van der Waals surface area (Å²) in [7, 11) is 7.76. The van der Waals surface area contributed by atoms with Crippen molar-refractivity contribution in [2.45, 2.75) is 44.7 Å². The minimum atomic E-state index is 0. The molecule has 2 rings (SSSR count). The van der Waals surface area contributed by atoms with Crippen molar-refractivity contribution in [2.24, 2.45) is 10.9 Å². The molecule has 0 amide bonds. The van der Waals surface area contributed by atoms with Crippen molar-refractivity contribution in [1.29, 1.82) is 0 Å². The molecule has 0 aromatic heterocycles. The number of nitrogens with zero attached hydrogens (tertiary/aromatic N) is 2. The van der Waals surface area contributed by atoms with Crippen LogP contribution in [0.4, 0.5) is 0 Å². The Morgan fingerprint density at radius 2 is 1.81 bits per heavy atom. The highest BCUT2D eigenvalue weighted by molar-refractivity contribution is 14.0. The maximum atomic E-state index is 5.26. The third kappa shape index (κ3) is 6.95. The van der Waals surface area contributed by atoms with E-state index in [1.54, 1.807) is 7.11 Å². The summed E-state index contributed by atoms with van der Waals surface area (Å²) in [6.45, 7) is 3.15. The van der Waals surface area contributed by atoms with Crippen molar-refractivity contribution in [1.82, 2.24) is 15.5 Å². The van der Waals surface area contributed by atoms with Gasteiger partial charge < -0.3 is 20.3 Å². The molecule has 0 bridgehead atoms. The van der Waals surface area contributed by atoms with Crippen molar-refractivity contribution in [2.75, 3.05) is 34.8 Å². The Balaban J connectivity index is 0.00000338. The van der Waals surface area contributed by atoms with E-state index in [9.17, 15) is 0 Å². The highest BCUT2D eigenvalue weighted by Gasteiger charge is 2.20. The number of guanidine groups is 1. The molecule has 148 valence electrons. The Bertz CT molecular complexity index is 539. The lowest BCUT2D eigenvalue weighted by Gasteiger charge is -2.30. The van der Waals surface area contributed by atoms with Gasteiger partial charge in [-0.15, -0.1) is 24.0 Å². The van der Waals surface area contributed by atoms with Gasteiger partial charge in [0.25, 0.3) is 0 Å². The van der Waals surface area contributed by atoms with Crippen LogP contribution in [0.2, 0.25) is 0 Å². The Hall–Kier alpha value is -1.02. The number of likely N-dealkylation sites (N-methyl/N-ethyl adjacent to an activating group) is 1. The number of methoxy groups -OCH3 is 1. The van der Waals surface area contributed by atoms with Gasteiger partial charge in [-0.3, -0.25) is 4.99 Å². The fourth-order valence-corrected chi connectivity index (χ4v) is 3.41. The van der Waals surface area contributed by atoms with Gasteiger partial charge in [0.15, 0.2) is 5.96 Å². The first-order chi connectivity index (χ1) is 12.0. The molecule has 1 aromatic carbocycles. The summed E-state index contributed by atoms with van der Waals surface area (Å²) in [4.78, 5) is 6.64. The number of rotatable bonds is 6. The molecule has 1 fully saturated rings. The number of nitrogens with one attached hydrogen (secondary N) is 2. The first kappa shape index (κ1) is 23.0. The zero-order chi connectivity index (χ0) is 18.2. The van der Waals surface area contributed by atoms with Gasteiger partial charge in [0.2, 0.25) is 0 Å². The zero-order valence-corrected chi connectivity index (χ0v) is 19.1. The molecule has 2 N–H and O–H groups in total. The maximum Gasteiger partial charge on any atom is 0.191 e. The van der Waals surface area contributed by atoms with E-state index < -0.39 is 0 Å². The summed E-state index contributed by atoms with van der Waals surface area (Å²) in [5.41, 5.74) is 1.26. The molecular formula is C20H35IN4O. The number of halogens is 1. The standard InChI is InChI=1S/C20H34N4O.HI/c1-15-6-10-17(11-7-15)23-20(21-2)22-14-19(24(3)4)16-8-12-18(25-5)13-9-16;/h8-9,12-13,15,17,19H,6-7,10-11,14H2,1-5H3,(H2,21,22,23);1H. The average molecular weight is 474 g/mol. The van der Waals surface area contributed by atoms with Gasteiger partial charge in [-0.2, -0.15) is 0 Å². The molecular weight excluding hydrogens is 439 g/mol. The quantitative estimate of drug-likeness (QED) is 0.376. The fraction of sp³-hybridized carbons (Fsp3) is 0.650. The largest absolute Gasteiger partial charge is 0.497 e. The summed E-state index contributed by atoms with van der Waals surface area (Å²) < 4.78 is 5.26. The van der Waals surface area contributed by atoms with Crippen LogP contribution in [-0.2, 0) is 0 Å². The van der Waals surface area contributed by atoms with E-state index in [0.717, 1.165) is 24.2 Å². The molecule has 0 aliphatic heterocycles. The van der Waals surface area contributed by atoms with Crippen molar-refractivity contribution in [3.8, 4) is 5.75 Å². The second-order valence-electron chi connectivity index (χ2n) is 7.31. The first-order valence-electron chi connectivity index (χ1n) is 9.31. The molecule has 1 aliphatic rings. The monoisotopic (exact) mass is 474 g/mol. The summed E-state index contributed by atoms with van der Waals surface area (Å²) in [5.74, 6) is 2.65. The van der Waals surface area contributed by atoms with Gasteiger partial charge in [0.1, 0.15) is 5.75 Å². The molecule has 6 heteroatoms. The Labute approximate surface area is 176 Å². The van der Waals surface area contributed by atoms with E-state index in [-0.39, 0.29) is 30.0 Å². The molecule has 0 heterocycles. The third-order valence-electron chi connectivity index (χ3n) is 5.17. The fourth-order valence-electron chi connectivity index (χ4n) is 3.41. The summed E-state index contributed by atoms with van der Waals surface area (Å²) >= 11 is 0. The molecule has 1 aliphatic carbocycles. The van der Waals surface area contributed by atoms with E-state index in [1.807, 2.05) is 19.2 Å². The van der Waals surface area contributed by atoms with E-state index in [4.69, 9.17) is 4.74 Å². The van der Waals surface area contributed by atoms with Gasteiger partial charge in [-0.05, 0) is 63.4 Å². The topological polar surface area (TPSA) is 48.9 Å². The lowest BCUT2D eigenvalue weighted by molar-refractivity contribution is 0.295. The van der Waals surface area contributed by atoms with Crippen LogP contribution in [0.3, 0.4) is 0 Å². The van der Waals surface area contributed by atoms with Gasteiger partial charge in [0, 0.05) is 19.6 Å². The number of aliphatic imine (C=N–C) groups is 1. The lowest BCUT2D eigenvalue weighted by Crippen LogP contribution is -2.46. The maximum absolute atomic E-state index is 5.26. The van der Waals surface area contributed by atoms with Crippen LogP contribution in [0.15, 0.2) is 29.3 Å². The van der Waals surface area contributed by atoms with Crippen molar-refractivity contribution >= 4 is 29.9 Å². The predicted molar refractivity (Wildman–Crippen MR) is 121 cm³/mol. The van der Waals surface area contributed by atoms with Crippen molar-refractivity contribution in [3.05, 3.63) is 29.8 Å². The minimum Gasteiger partial charge on any atom is -0.497 e. The van der Waals surface area contributed by atoms with Crippen LogP contribution in [-0.4, -0.2) is 51.7 Å². The second-order valence-corrected chi connectivity index (χ2v) is 7.31. The van der Waals surface area contributed by atoms with Crippen molar-refractivity contribution < 1.29 is 4.74 Å². The van der Waals surface area contributed by atoms with Gasteiger partial charge in [-0.1, -0.05) is 19.1 Å². The predicted octanol–water partition coefficient (Wildman–Crippen LogP) is 3.66. The molecule has 0 saturated heterocycles. The van der Waals surface area contributed by atoms with Crippen LogP contribution >= 0.6 is 24.0 Å². The smallest absolute Gasteiger partial charge is 0.191 e. The molecule has 1 aromatic rings. The summed E-state index contributed by atoms with van der Waals surface area (Å²) in [6.07, 6.45) is 5.08. The zero-order valence-electron chi connectivity index (χ0n) is 16.8. The lowest BCUT2D eigenvalue weighted by atomic mass is 9.87. The minimum absolute atomic E-state index is 0. The summed E-state index contributed by atoms with van der Waals surface area (Å²) in [5, 5.41) is 7.09. The van der Waals surface area contributed by atoms with Crippen LogP contribution in [0.25, 0.3) is 0 Å². The number of hydrogen-bond acceptors (Lipinski definition) is 3. The summed E-state index contributed by atoms with van der Waals surface area (Å²) in [6, 6.07) is 9.11. The van der Waals surface area contributed by atoms with Crippen LogP contribution in [0.1, 0.15) is 44.2 Å². The van der Waals surface area contributed by atoms with Gasteiger partial charge >= 0.3 is 0 Å². The molecule has 1 atom stereocenters. The molecule has 0 radical (unpaired) electrons.